The Labute approximate surface area is 91.2 Å². The molecule has 3 heteroatoms. The van der Waals surface area contributed by atoms with Crippen LogP contribution in [0, 0.1) is 11.8 Å². The number of esters is 1. The first-order chi connectivity index (χ1) is 7.19. The number of carbonyl (C=O) groups excluding carboxylic acids is 2. The largest absolute Gasteiger partial charge is 0.466 e. The topological polar surface area (TPSA) is 43.4 Å². The number of carbonyl (C=O) groups is 2. The van der Waals surface area contributed by atoms with Crippen LogP contribution in [-0.2, 0) is 14.3 Å². The van der Waals surface area contributed by atoms with E-state index >= 15 is 0 Å². The molecular formula is C12H20O3. The summed E-state index contributed by atoms with van der Waals surface area (Å²) in [6.07, 6.45) is 3.77. The Morgan fingerprint density at radius 1 is 1.47 bits per heavy atom. The van der Waals surface area contributed by atoms with Crippen LogP contribution in [0.2, 0.25) is 0 Å². The van der Waals surface area contributed by atoms with Crippen molar-refractivity contribution in [1.82, 2.24) is 0 Å². The van der Waals surface area contributed by atoms with Crippen LogP contribution in [0.1, 0.15) is 46.0 Å². The SMILES string of the molecule is CCCC1CC(=O)CCC1C(=O)OCC. The van der Waals surface area contributed by atoms with E-state index in [9.17, 15) is 9.59 Å². The molecule has 0 N–H and O–H groups in total. The van der Waals surface area contributed by atoms with Crippen molar-refractivity contribution in [2.24, 2.45) is 11.8 Å². The van der Waals surface area contributed by atoms with E-state index in [1.165, 1.54) is 0 Å². The average Bonchev–Trinajstić information content (AvgIpc) is 2.18. The van der Waals surface area contributed by atoms with Gasteiger partial charge in [0.1, 0.15) is 5.78 Å². The van der Waals surface area contributed by atoms with Crippen LogP contribution >= 0.6 is 0 Å². The maximum atomic E-state index is 11.7. The van der Waals surface area contributed by atoms with E-state index in [1.54, 1.807) is 0 Å². The van der Waals surface area contributed by atoms with Crippen LogP contribution in [0.25, 0.3) is 0 Å². The Kier molecular flexibility index (Phi) is 4.79. The van der Waals surface area contributed by atoms with Crippen LogP contribution in [0.15, 0.2) is 0 Å². The molecule has 0 spiro atoms. The predicted octanol–water partition coefficient (Wildman–Crippen LogP) is 2.33. The quantitative estimate of drug-likeness (QED) is 0.672. The van der Waals surface area contributed by atoms with Crippen molar-refractivity contribution < 1.29 is 14.3 Å². The molecule has 0 aromatic rings. The minimum absolute atomic E-state index is 0.0393. The maximum Gasteiger partial charge on any atom is 0.309 e. The Morgan fingerprint density at radius 2 is 2.20 bits per heavy atom. The smallest absolute Gasteiger partial charge is 0.309 e. The first kappa shape index (κ1) is 12.2. The van der Waals surface area contributed by atoms with Gasteiger partial charge in [-0.3, -0.25) is 9.59 Å². The van der Waals surface area contributed by atoms with Gasteiger partial charge in [-0.25, -0.2) is 0 Å². The van der Waals surface area contributed by atoms with Crippen LogP contribution in [0.3, 0.4) is 0 Å². The van der Waals surface area contributed by atoms with E-state index in [0.717, 1.165) is 12.8 Å². The van der Waals surface area contributed by atoms with Crippen molar-refractivity contribution in [1.29, 1.82) is 0 Å². The van der Waals surface area contributed by atoms with Gasteiger partial charge < -0.3 is 4.74 Å². The maximum absolute atomic E-state index is 11.7. The first-order valence-electron chi connectivity index (χ1n) is 5.87. The number of hydrogen-bond donors (Lipinski definition) is 0. The monoisotopic (exact) mass is 212 g/mol. The third-order valence-electron chi connectivity index (χ3n) is 3.04. The van der Waals surface area contributed by atoms with Crippen LogP contribution in [-0.4, -0.2) is 18.4 Å². The van der Waals surface area contributed by atoms with Gasteiger partial charge in [0.15, 0.2) is 0 Å². The van der Waals surface area contributed by atoms with Crippen molar-refractivity contribution in [2.45, 2.75) is 46.0 Å². The summed E-state index contributed by atoms with van der Waals surface area (Å²) in [4.78, 5) is 23.0. The molecule has 1 saturated carbocycles. The molecule has 0 aromatic heterocycles. The summed E-state index contributed by atoms with van der Waals surface area (Å²) in [6.45, 7) is 4.34. The molecule has 1 rings (SSSR count). The normalized spacial score (nSPS) is 26.4. The van der Waals surface area contributed by atoms with E-state index in [4.69, 9.17) is 4.74 Å². The molecule has 15 heavy (non-hydrogen) atoms. The number of ether oxygens (including phenoxy) is 1. The lowest BCUT2D eigenvalue weighted by Gasteiger charge is -2.28. The second-order valence-electron chi connectivity index (χ2n) is 4.19. The van der Waals surface area contributed by atoms with E-state index in [2.05, 4.69) is 6.92 Å². The molecular weight excluding hydrogens is 192 g/mol. The molecule has 2 atom stereocenters. The fourth-order valence-corrected chi connectivity index (χ4v) is 2.32. The van der Waals surface area contributed by atoms with Crippen LogP contribution < -0.4 is 0 Å². The second-order valence-corrected chi connectivity index (χ2v) is 4.19. The molecule has 0 bridgehead atoms. The van der Waals surface area contributed by atoms with Gasteiger partial charge in [0, 0.05) is 12.8 Å². The number of ketones is 1. The third kappa shape index (κ3) is 3.33. The van der Waals surface area contributed by atoms with Gasteiger partial charge in [-0.1, -0.05) is 13.3 Å². The van der Waals surface area contributed by atoms with Gasteiger partial charge in [-0.15, -0.1) is 0 Å². The molecule has 1 aliphatic carbocycles. The molecule has 1 fully saturated rings. The summed E-state index contributed by atoms with van der Waals surface area (Å²) in [5.41, 5.74) is 0. The summed E-state index contributed by atoms with van der Waals surface area (Å²) in [6, 6.07) is 0. The molecule has 0 radical (unpaired) electrons. The van der Waals surface area contributed by atoms with Gasteiger partial charge in [0.25, 0.3) is 0 Å². The zero-order valence-electron chi connectivity index (χ0n) is 9.62. The molecule has 0 amide bonds. The number of Topliss-reactive ketones (excluding diaryl/α,β-unsaturated/α-hetero) is 1. The predicted molar refractivity (Wildman–Crippen MR) is 57.4 cm³/mol. The van der Waals surface area contributed by atoms with E-state index in [1.807, 2.05) is 6.92 Å². The average molecular weight is 212 g/mol. The standard InChI is InChI=1S/C12H20O3/c1-3-5-9-8-10(13)6-7-11(9)12(14)15-4-2/h9,11H,3-8H2,1-2H3. The van der Waals surface area contributed by atoms with E-state index in [-0.39, 0.29) is 17.8 Å². The Morgan fingerprint density at radius 3 is 2.80 bits per heavy atom. The van der Waals surface area contributed by atoms with Gasteiger partial charge >= 0.3 is 5.97 Å². The second kappa shape index (κ2) is 5.89. The number of hydrogen-bond acceptors (Lipinski definition) is 3. The van der Waals surface area contributed by atoms with E-state index in [0.29, 0.717) is 31.7 Å². The van der Waals surface area contributed by atoms with Crippen molar-refractivity contribution in [3.8, 4) is 0 Å². The Balaban J connectivity index is 2.59. The lowest BCUT2D eigenvalue weighted by atomic mass is 9.76. The van der Waals surface area contributed by atoms with Crippen LogP contribution in [0.5, 0.6) is 0 Å². The zero-order valence-corrected chi connectivity index (χ0v) is 9.62. The summed E-state index contributed by atoms with van der Waals surface area (Å²) in [5.74, 6) is 0.371. The summed E-state index contributed by atoms with van der Waals surface area (Å²) < 4.78 is 5.04. The first-order valence-corrected chi connectivity index (χ1v) is 5.87. The Hall–Kier alpha value is -0.860. The highest BCUT2D eigenvalue weighted by molar-refractivity contribution is 5.83. The van der Waals surface area contributed by atoms with Crippen LogP contribution in [0.4, 0.5) is 0 Å². The van der Waals surface area contributed by atoms with Gasteiger partial charge in [-0.2, -0.15) is 0 Å². The Bertz CT molecular complexity index is 235. The van der Waals surface area contributed by atoms with Gasteiger partial charge in [0.2, 0.25) is 0 Å². The molecule has 2 unspecified atom stereocenters. The molecule has 0 aromatic carbocycles. The van der Waals surface area contributed by atoms with Crippen molar-refractivity contribution >= 4 is 11.8 Å². The fourth-order valence-electron chi connectivity index (χ4n) is 2.32. The molecule has 0 saturated heterocycles. The van der Waals surface area contributed by atoms with Crippen molar-refractivity contribution in [2.75, 3.05) is 6.61 Å². The summed E-state index contributed by atoms with van der Waals surface area (Å²) >= 11 is 0. The highest BCUT2D eigenvalue weighted by Crippen LogP contribution is 2.32. The molecule has 1 aliphatic rings. The highest BCUT2D eigenvalue weighted by Gasteiger charge is 2.34. The minimum atomic E-state index is -0.108. The minimum Gasteiger partial charge on any atom is -0.466 e. The lowest BCUT2D eigenvalue weighted by molar-refractivity contribution is -0.152. The summed E-state index contributed by atoms with van der Waals surface area (Å²) in [5, 5.41) is 0. The number of rotatable bonds is 4. The molecule has 0 heterocycles. The van der Waals surface area contributed by atoms with Crippen molar-refractivity contribution in [3.05, 3.63) is 0 Å². The fraction of sp³-hybridized carbons (Fsp3) is 0.833. The lowest BCUT2D eigenvalue weighted by Crippen LogP contribution is -2.32. The molecule has 86 valence electrons. The third-order valence-corrected chi connectivity index (χ3v) is 3.04. The van der Waals surface area contributed by atoms with E-state index < -0.39 is 0 Å². The molecule has 3 nitrogen and oxygen atoms in total. The van der Waals surface area contributed by atoms with Crippen molar-refractivity contribution in [3.63, 3.8) is 0 Å². The zero-order chi connectivity index (χ0) is 11.3. The highest BCUT2D eigenvalue weighted by atomic mass is 16.5. The van der Waals surface area contributed by atoms with Gasteiger partial charge in [0.05, 0.1) is 12.5 Å². The van der Waals surface area contributed by atoms with Gasteiger partial charge in [-0.05, 0) is 25.7 Å². The summed E-state index contributed by atoms with van der Waals surface area (Å²) in [7, 11) is 0. The molecule has 0 aliphatic heterocycles.